The molecule has 1 aliphatic heterocycles. The van der Waals surface area contributed by atoms with Gasteiger partial charge in [-0.3, -0.25) is 0 Å². The minimum Gasteiger partial charge on any atom is -0.234 e. The van der Waals surface area contributed by atoms with Crippen molar-refractivity contribution in [2.75, 3.05) is 7.05 Å². The molecule has 1 aliphatic rings. The second-order valence-corrected chi connectivity index (χ2v) is 6.77. The summed E-state index contributed by atoms with van der Waals surface area (Å²) in [5.74, 6) is 0. The maximum absolute atomic E-state index is 2.42. The molecular formula is C20H22N2+2. The topological polar surface area (TPSA) is 3.88 Å². The first-order valence-corrected chi connectivity index (χ1v) is 7.90. The number of aromatic nitrogens is 1. The highest BCUT2D eigenvalue weighted by Crippen LogP contribution is 2.34. The fourth-order valence-electron chi connectivity index (χ4n) is 4.24. The van der Waals surface area contributed by atoms with E-state index in [1.54, 1.807) is 0 Å². The lowest BCUT2D eigenvalue weighted by molar-refractivity contribution is -0.692. The van der Waals surface area contributed by atoms with Gasteiger partial charge in [-0.05, 0) is 32.0 Å². The van der Waals surface area contributed by atoms with Crippen molar-refractivity contribution in [1.29, 1.82) is 0 Å². The average Bonchev–Trinajstić information content (AvgIpc) is 2.47. The zero-order valence-corrected chi connectivity index (χ0v) is 13.5. The molecule has 0 fully saturated rings. The van der Waals surface area contributed by atoms with E-state index in [4.69, 9.17) is 0 Å². The van der Waals surface area contributed by atoms with Crippen LogP contribution in [0.3, 0.4) is 0 Å². The Hall–Kier alpha value is -2.19. The van der Waals surface area contributed by atoms with Crippen LogP contribution in [0, 0.1) is 13.8 Å². The zero-order chi connectivity index (χ0) is 15.3. The van der Waals surface area contributed by atoms with Gasteiger partial charge in [-0.25, -0.2) is 4.48 Å². The van der Waals surface area contributed by atoms with Gasteiger partial charge in [0.25, 0.3) is 6.67 Å². The van der Waals surface area contributed by atoms with Crippen molar-refractivity contribution in [2.45, 2.75) is 27.1 Å². The Balaban J connectivity index is 1.94. The highest BCUT2D eigenvalue weighted by atomic mass is 15.4. The molecule has 0 radical (unpaired) electrons. The summed E-state index contributed by atoms with van der Waals surface area (Å²) in [6.07, 6.45) is 2.22. The van der Waals surface area contributed by atoms with E-state index in [-0.39, 0.29) is 0 Å². The van der Waals surface area contributed by atoms with Gasteiger partial charge in [-0.15, -0.1) is 4.57 Å². The van der Waals surface area contributed by atoms with E-state index in [1.807, 2.05) is 0 Å². The molecule has 2 heteroatoms. The van der Waals surface area contributed by atoms with E-state index in [9.17, 15) is 0 Å². The third-order valence-electron chi connectivity index (χ3n) is 4.94. The average molecular weight is 290 g/mol. The normalized spacial score (nSPS) is 20.3. The van der Waals surface area contributed by atoms with Gasteiger partial charge in [-0.1, -0.05) is 24.3 Å². The number of aryl methyl sites for hydroxylation is 2. The summed E-state index contributed by atoms with van der Waals surface area (Å²) in [4.78, 5) is 0. The van der Waals surface area contributed by atoms with Gasteiger partial charge in [-0.2, -0.15) is 0 Å². The van der Waals surface area contributed by atoms with Crippen molar-refractivity contribution < 1.29 is 4.57 Å². The first-order valence-electron chi connectivity index (χ1n) is 7.90. The number of rotatable bonds is 1. The summed E-state index contributed by atoms with van der Waals surface area (Å²) in [7, 11) is 2.36. The Bertz CT molecular complexity index is 819. The number of para-hydroxylation sites is 2. The molecule has 3 aromatic rings. The largest absolute Gasteiger partial charge is 0.281 e. The lowest BCUT2D eigenvalue weighted by atomic mass is 10.0. The van der Waals surface area contributed by atoms with E-state index >= 15 is 0 Å². The summed E-state index contributed by atoms with van der Waals surface area (Å²) in [5, 5.41) is 1.34. The molecule has 0 aliphatic carbocycles. The lowest BCUT2D eigenvalue weighted by Crippen LogP contribution is -2.59. The number of benzene rings is 2. The van der Waals surface area contributed by atoms with E-state index in [0.717, 1.165) is 17.7 Å². The maximum atomic E-state index is 2.42. The van der Waals surface area contributed by atoms with Gasteiger partial charge in [0.15, 0.2) is 6.20 Å². The van der Waals surface area contributed by atoms with Gasteiger partial charge < -0.3 is 0 Å². The second kappa shape index (κ2) is 4.65. The smallest absolute Gasteiger partial charge is 0.234 e. The lowest BCUT2D eigenvalue weighted by Gasteiger charge is -2.35. The van der Waals surface area contributed by atoms with Crippen molar-refractivity contribution in [2.24, 2.45) is 0 Å². The van der Waals surface area contributed by atoms with Crippen molar-refractivity contribution >= 4 is 16.6 Å². The first kappa shape index (κ1) is 13.5. The van der Waals surface area contributed by atoms with Gasteiger partial charge in [0.2, 0.25) is 5.52 Å². The highest BCUT2D eigenvalue weighted by molar-refractivity contribution is 5.79. The molecular weight excluding hydrogens is 268 g/mol. The Labute approximate surface area is 131 Å². The van der Waals surface area contributed by atoms with Crippen LogP contribution in [0.1, 0.15) is 16.7 Å². The number of hydrogen-bond acceptors (Lipinski definition) is 0. The van der Waals surface area contributed by atoms with Crippen molar-refractivity contribution in [3.05, 3.63) is 71.4 Å². The fraction of sp³-hybridized carbons (Fsp3) is 0.250. The summed E-state index contributed by atoms with van der Waals surface area (Å²) >= 11 is 0. The molecule has 2 nitrogen and oxygen atoms in total. The fourth-order valence-corrected chi connectivity index (χ4v) is 4.24. The van der Waals surface area contributed by atoms with Crippen LogP contribution in [-0.2, 0) is 13.2 Å². The quantitative estimate of drug-likeness (QED) is 0.473. The number of pyridine rings is 1. The zero-order valence-electron chi connectivity index (χ0n) is 13.5. The minimum atomic E-state index is 0.930. The second-order valence-electron chi connectivity index (χ2n) is 6.77. The highest BCUT2D eigenvalue weighted by Gasteiger charge is 2.38. The Morgan fingerprint density at radius 3 is 2.36 bits per heavy atom. The van der Waals surface area contributed by atoms with Gasteiger partial charge >= 0.3 is 0 Å². The van der Waals surface area contributed by atoms with Crippen LogP contribution >= 0.6 is 0 Å². The van der Waals surface area contributed by atoms with E-state index < -0.39 is 0 Å². The Kier molecular flexibility index (Phi) is 2.85. The third kappa shape index (κ3) is 1.87. The Morgan fingerprint density at radius 2 is 1.59 bits per heavy atom. The monoisotopic (exact) mass is 290 g/mol. The molecule has 1 aromatic heterocycles. The summed E-state index contributed by atoms with van der Waals surface area (Å²) in [6, 6.07) is 17.7. The SMILES string of the molecule is Cc1cccc(C)c1[N+]1(C)Cc2cccc3ccc[n+](c23)C1. The van der Waals surface area contributed by atoms with Crippen LogP contribution in [0.2, 0.25) is 0 Å². The van der Waals surface area contributed by atoms with E-state index in [2.05, 4.69) is 80.2 Å². The van der Waals surface area contributed by atoms with Gasteiger partial charge in [0.05, 0.1) is 12.6 Å². The summed E-state index contributed by atoms with van der Waals surface area (Å²) in [6.45, 7) is 6.50. The predicted molar refractivity (Wildman–Crippen MR) is 91.5 cm³/mol. The number of nitrogens with zero attached hydrogens (tertiary/aromatic N) is 2. The standard InChI is InChI=1S/C20H22N2/c1-15-7-4-8-16(2)20(15)22(3)13-18-10-5-9-17-11-6-12-21(14-22)19(17)18/h4-12H,13-14H2,1-3H3/q+2. The first-order chi connectivity index (χ1) is 10.6. The molecule has 0 spiro atoms. The molecule has 2 heterocycles. The van der Waals surface area contributed by atoms with Gasteiger partial charge in [0.1, 0.15) is 12.2 Å². The van der Waals surface area contributed by atoms with E-state index in [0.29, 0.717) is 0 Å². The Morgan fingerprint density at radius 1 is 0.909 bits per heavy atom. The number of quaternary nitrogens is 1. The van der Waals surface area contributed by atoms with Crippen molar-refractivity contribution in [3.8, 4) is 0 Å². The molecule has 1 unspecified atom stereocenters. The molecule has 0 N–H and O–H groups in total. The van der Waals surface area contributed by atoms with Crippen molar-refractivity contribution in [1.82, 2.24) is 4.48 Å². The van der Waals surface area contributed by atoms with Crippen LogP contribution in [-0.4, -0.2) is 7.05 Å². The third-order valence-corrected chi connectivity index (χ3v) is 4.94. The minimum absolute atomic E-state index is 0.930. The maximum Gasteiger partial charge on any atom is 0.281 e. The number of hydrogen-bond donors (Lipinski definition) is 0. The molecule has 4 rings (SSSR count). The van der Waals surface area contributed by atoms with Crippen molar-refractivity contribution in [3.63, 3.8) is 0 Å². The van der Waals surface area contributed by atoms with E-state index in [1.165, 1.54) is 33.3 Å². The molecule has 2 aromatic carbocycles. The predicted octanol–water partition coefficient (Wildman–Crippen LogP) is 3.85. The van der Waals surface area contributed by atoms with Crippen LogP contribution in [0.25, 0.3) is 10.9 Å². The molecule has 0 amide bonds. The molecule has 0 bridgehead atoms. The van der Waals surface area contributed by atoms with Gasteiger partial charge in [0, 0.05) is 22.6 Å². The molecule has 0 saturated carbocycles. The molecule has 110 valence electrons. The van der Waals surface area contributed by atoms with Crippen LogP contribution in [0.4, 0.5) is 5.69 Å². The molecule has 22 heavy (non-hydrogen) atoms. The molecule has 1 atom stereocenters. The summed E-state index contributed by atoms with van der Waals surface area (Å²) in [5.41, 5.74) is 7.06. The van der Waals surface area contributed by atoms with Crippen LogP contribution < -0.4 is 9.05 Å². The molecule has 0 saturated heterocycles. The van der Waals surface area contributed by atoms with Crippen LogP contribution in [0.5, 0.6) is 0 Å². The summed E-state index contributed by atoms with van der Waals surface area (Å²) < 4.78 is 3.35. The van der Waals surface area contributed by atoms with Crippen LogP contribution in [0.15, 0.2) is 54.7 Å².